The van der Waals surface area contributed by atoms with Crippen LogP contribution in [0.3, 0.4) is 0 Å². The van der Waals surface area contributed by atoms with Crippen LogP contribution in [0.4, 0.5) is 4.79 Å². The van der Waals surface area contributed by atoms with Crippen LogP contribution in [-0.2, 0) is 9.47 Å². The number of nitrogens with zero attached hydrogens (tertiary/aromatic N) is 2. The second kappa shape index (κ2) is 7.81. The van der Waals surface area contributed by atoms with E-state index >= 15 is 0 Å². The number of likely N-dealkylation sites (tertiary alicyclic amines) is 2. The van der Waals surface area contributed by atoms with Crippen LogP contribution in [0, 0.1) is 0 Å². The molecule has 23 heavy (non-hydrogen) atoms. The van der Waals surface area contributed by atoms with Gasteiger partial charge in [0.25, 0.3) is 0 Å². The highest BCUT2D eigenvalue weighted by Crippen LogP contribution is 2.33. The van der Waals surface area contributed by atoms with E-state index in [1.807, 2.05) is 4.90 Å². The summed E-state index contributed by atoms with van der Waals surface area (Å²) in [5, 5.41) is 3.04. The second-order valence-corrected chi connectivity index (χ2v) is 6.99. The van der Waals surface area contributed by atoms with E-state index in [-0.39, 0.29) is 11.8 Å². The van der Waals surface area contributed by atoms with Gasteiger partial charge in [0.15, 0.2) is 5.79 Å². The van der Waals surface area contributed by atoms with Gasteiger partial charge in [-0.1, -0.05) is 26.2 Å². The van der Waals surface area contributed by atoms with Crippen molar-refractivity contribution in [2.45, 2.75) is 57.3 Å². The summed E-state index contributed by atoms with van der Waals surface area (Å²) in [5.41, 5.74) is 0. The van der Waals surface area contributed by atoms with E-state index in [1.165, 1.54) is 19.3 Å². The maximum absolute atomic E-state index is 12.0. The Morgan fingerprint density at radius 3 is 2.48 bits per heavy atom. The molecule has 132 valence electrons. The zero-order valence-corrected chi connectivity index (χ0v) is 14.4. The summed E-state index contributed by atoms with van der Waals surface area (Å²) in [4.78, 5) is 16.5. The summed E-state index contributed by atoms with van der Waals surface area (Å²) in [5.74, 6) is -0.296. The van der Waals surface area contributed by atoms with Crippen molar-refractivity contribution >= 4 is 6.03 Å². The first-order valence-corrected chi connectivity index (χ1v) is 9.27. The molecule has 3 fully saturated rings. The number of ether oxygens (including phenoxy) is 2. The van der Waals surface area contributed by atoms with Crippen molar-refractivity contribution in [2.75, 3.05) is 45.9 Å². The van der Waals surface area contributed by atoms with Crippen molar-refractivity contribution in [1.29, 1.82) is 0 Å². The molecule has 3 rings (SSSR count). The van der Waals surface area contributed by atoms with E-state index in [9.17, 15) is 4.79 Å². The van der Waals surface area contributed by atoms with Crippen LogP contribution in [0.1, 0.15) is 45.4 Å². The smallest absolute Gasteiger partial charge is 0.317 e. The van der Waals surface area contributed by atoms with Crippen molar-refractivity contribution in [1.82, 2.24) is 15.1 Å². The number of carbonyl (C=O) groups is 1. The first-order chi connectivity index (χ1) is 11.2. The summed E-state index contributed by atoms with van der Waals surface area (Å²) in [6.07, 6.45) is 6.69. The van der Waals surface area contributed by atoms with Crippen LogP contribution in [0.2, 0.25) is 0 Å². The minimum Gasteiger partial charge on any atom is -0.347 e. The van der Waals surface area contributed by atoms with E-state index in [0.717, 1.165) is 65.2 Å². The molecule has 1 spiro atoms. The van der Waals surface area contributed by atoms with Crippen LogP contribution in [0.25, 0.3) is 0 Å². The maximum Gasteiger partial charge on any atom is 0.317 e. The van der Waals surface area contributed by atoms with Crippen molar-refractivity contribution in [3.8, 4) is 0 Å². The van der Waals surface area contributed by atoms with Gasteiger partial charge in [0.2, 0.25) is 0 Å². The van der Waals surface area contributed by atoms with Crippen molar-refractivity contribution in [2.24, 2.45) is 0 Å². The molecule has 1 N–H and O–H groups in total. The number of unbranched alkanes of at least 4 members (excludes halogenated alkanes) is 3. The number of nitrogens with one attached hydrogen (secondary N) is 1. The molecule has 3 aliphatic rings. The van der Waals surface area contributed by atoms with Gasteiger partial charge in [-0.15, -0.1) is 0 Å². The van der Waals surface area contributed by atoms with Crippen molar-refractivity contribution in [3.63, 3.8) is 0 Å². The summed E-state index contributed by atoms with van der Waals surface area (Å²) in [6, 6.07) is 0.619. The minimum atomic E-state index is -0.296. The Kier molecular flexibility index (Phi) is 5.77. The molecule has 3 heterocycles. The van der Waals surface area contributed by atoms with Crippen molar-refractivity contribution < 1.29 is 14.3 Å². The van der Waals surface area contributed by atoms with Gasteiger partial charge in [-0.3, -0.25) is 4.90 Å². The van der Waals surface area contributed by atoms with E-state index in [2.05, 4.69) is 17.1 Å². The molecular weight excluding hydrogens is 294 g/mol. The molecular formula is C17H31N3O3. The first kappa shape index (κ1) is 17.0. The van der Waals surface area contributed by atoms with E-state index in [4.69, 9.17) is 9.47 Å². The highest BCUT2D eigenvalue weighted by molar-refractivity contribution is 5.75. The summed E-state index contributed by atoms with van der Waals surface area (Å²) >= 11 is 0. The molecule has 3 aliphatic heterocycles. The fourth-order valence-corrected chi connectivity index (χ4v) is 3.73. The van der Waals surface area contributed by atoms with E-state index in [0.29, 0.717) is 6.04 Å². The Labute approximate surface area is 139 Å². The highest BCUT2D eigenvalue weighted by atomic mass is 16.7. The predicted molar refractivity (Wildman–Crippen MR) is 88.3 cm³/mol. The minimum absolute atomic E-state index is 0.105. The molecule has 6 nitrogen and oxygen atoms in total. The molecule has 6 heteroatoms. The number of piperidine rings is 1. The molecule has 3 saturated heterocycles. The average Bonchev–Trinajstić information content (AvgIpc) is 2.96. The van der Waals surface area contributed by atoms with Gasteiger partial charge in [-0.05, 0) is 6.42 Å². The molecule has 0 bridgehead atoms. The van der Waals surface area contributed by atoms with Gasteiger partial charge in [-0.25, -0.2) is 4.79 Å². The molecule has 0 radical (unpaired) electrons. The number of carbonyl (C=O) groups excluding carboxylic acids is 1. The molecule has 0 atom stereocenters. The van der Waals surface area contributed by atoms with Gasteiger partial charge < -0.3 is 19.7 Å². The van der Waals surface area contributed by atoms with Gasteiger partial charge in [-0.2, -0.15) is 0 Å². The third-order valence-electron chi connectivity index (χ3n) is 5.35. The fourth-order valence-electron chi connectivity index (χ4n) is 3.73. The molecule has 0 unspecified atom stereocenters. The largest absolute Gasteiger partial charge is 0.347 e. The molecule has 0 saturated carbocycles. The van der Waals surface area contributed by atoms with Crippen molar-refractivity contribution in [3.05, 3.63) is 0 Å². The van der Waals surface area contributed by atoms with Crippen LogP contribution < -0.4 is 5.32 Å². The quantitative estimate of drug-likeness (QED) is 0.757. The zero-order valence-electron chi connectivity index (χ0n) is 14.4. The van der Waals surface area contributed by atoms with E-state index < -0.39 is 0 Å². The lowest BCUT2D eigenvalue weighted by molar-refractivity contribution is -0.190. The SMILES string of the molecule is CCCCCCNC(=O)N1CC(N2CCC3(CC2)OCCO3)C1. The molecule has 0 aromatic carbocycles. The second-order valence-electron chi connectivity index (χ2n) is 6.99. The molecule has 0 aromatic rings. The Morgan fingerprint density at radius 1 is 1.13 bits per heavy atom. The Morgan fingerprint density at radius 2 is 1.83 bits per heavy atom. The van der Waals surface area contributed by atoms with Gasteiger partial charge in [0.05, 0.1) is 13.2 Å². The number of hydrogen-bond acceptors (Lipinski definition) is 4. The normalized spacial score (nSPS) is 24.8. The lowest BCUT2D eigenvalue weighted by atomic mass is 9.99. The average molecular weight is 325 g/mol. The topological polar surface area (TPSA) is 54.0 Å². The van der Waals surface area contributed by atoms with Crippen LogP contribution >= 0.6 is 0 Å². The summed E-state index contributed by atoms with van der Waals surface area (Å²) in [7, 11) is 0. The predicted octanol–water partition coefficient (Wildman–Crippen LogP) is 1.80. The third kappa shape index (κ3) is 4.17. The van der Waals surface area contributed by atoms with Gasteiger partial charge >= 0.3 is 6.03 Å². The number of rotatable bonds is 6. The Hall–Kier alpha value is -0.850. The summed E-state index contributed by atoms with van der Waals surface area (Å²) in [6.45, 7) is 8.21. The Balaban J connectivity index is 1.29. The summed E-state index contributed by atoms with van der Waals surface area (Å²) < 4.78 is 11.5. The van der Waals surface area contributed by atoms with Crippen LogP contribution in [0.5, 0.6) is 0 Å². The lowest BCUT2D eigenvalue weighted by Gasteiger charge is -2.48. The highest BCUT2D eigenvalue weighted by Gasteiger charge is 2.43. The maximum atomic E-state index is 12.0. The van der Waals surface area contributed by atoms with Gasteiger partial charge in [0, 0.05) is 51.6 Å². The first-order valence-electron chi connectivity index (χ1n) is 9.27. The standard InChI is InChI=1S/C17H31N3O3/c1-2-3-4-5-8-18-16(21)20-13-15(14-20)19-9-6-17(7-10-19)22-11-12-23-17/h15H,2-14H2,1H3,(H,18,21). The zero-order chi connectivity index (χ0) is 16.1. The number of urea groups is 1. The third-order valence-corrected chi connectivity index (χ3v) is 5.35. The molecule has 0 aliphatic carbocycles. The fraction of sp³-hybridized carbons (Fsp3) is 0.941. The van der Waals surface area contributed by atoms with Crippen LogP contribution in [0.15, 0.2) is 0 Å². The molecule has 0 aromatic heterocycles. The number of amides is 2. The van der Waals surface area contributed by atoms with Crippen LogP contribution in [-0.4, -0.2) is 73.6 Å². The number of hydrogen-bond donors (Lipinski definition) is 1. The van der Waals surface area contributed by atoms with E-state index in [1.54, 1.807) is 0 Å². The molecule has 2 amide bonds. The monoisotopic (exact) mass is 325 g/mol. The Bertz CT molecular complexity index is 383. The van der Waals surface area contributed by atoms with Gasteiger partial charge in [0.1, 0.15) is 0 Å². The lowest BCUT2D eigenvalue weighted by Crippen LogP contribution is -2.64.